The van der Waals surface area contributed by atoms with Gasteiger partial charge in [-0.25, -0.2) is 9.67 Å². The van der Waals surface area contributed by atoms with Gasteiger partial charge in [-0.15, -0.1) is 11.3 Å². The highest BCUT2D eigenvalue weighted by atomic mass is 35.5. The zero-order valence-corrected chi connectivity index (χ0v) is 18.1. The number of aryl methyl sites for hydroxylation is 1. The van der Waals surface area contributed by atoms with E-state index >= 15 is 0 Å². The molecule has 3 heterocycles. The Morgan fingerprint density at radius 1 is 1.23 bits per heavy atom. The summed E-state index contributed by atoms with van der Waals surface area (Å²) in [4.78, 5) is 21.7. The summed E-state index contributed by atoms with van der Waals surface area (Å²) in [7, 11) is 0. The number of nitrogens with one attached hydrogen (secondary N) is 1. The van der Waals surface area contributed by atoms with Gasteiger partial charge < -0.3 is 5.32 Å². The van der Waals surface area contributed by atoms with Gasteiger partial charge >= 0.3 is 0 Å². The lowest BCUT2D eigenvalue weighted by molar-refractivity contribution is 0.0939. The first-order valence-corrected chi connectivity index (χ1v) is 10.7. The van der Waals surface area contributed by atoms with Crippen molar-refractivity contribution in [3.05, 3.63) is 87.2 Å². The van der Waals surface area contributed by atoms with Crippen LogP contribution in [0.4, 0.5) is 0 Å². The lowest BCUT2D eigenvalue weighted by Gasteiger charge is -2.11. The molecule has 4 aromatic rings. The maximum atomic E-state index is 12.9. The van der Waals surface area contributed by atoms with Crippen LogP contribution in [0.2, 0.25) is 5.15 Å². The molecule has 0 aliphatic heterocycles. The van der Waals surface area contributed by atoms with Gasteiger partial charge in [0.25, 0.3) is 5.91 Å². The quantitative estimate of drug-likeness (QED) is 0.465. The molecular weight excluding hydrogens is 418 g/mol. The molecule has 0 fully saturated rings. The Morgan fingerprint density at radius 2 is 2.03 bits per heavy atom. The Hall–Kier alpha value is -3.03. The van der Waals surface area contributed by atoms with E-state index in [0.717, 1.165) is 21.8 Å². The third-order valence-electron chi connectivity index (χ3n) is 4.66. The topological polar surface area (TPSA) is 72.7 Å². The first-order chi connectivity index (χ1) is 14.5. The molecule has 0 radical (unpaired) electrons. The van der Waals surface area contributed by atoms with Crippen molar-refractivity contribution in [3.63, 3.8) is 0 Å². The molecular formula is C22H20ClN5OS. The predicted molar refractivity (Wildman–Crippen MR) is 119 cm³/mol. The molecule has 1 N–H and O–H groups in total. The number of nitrogens with zero attached hydrogens (tertiary/aromatic N) is 4. The minimum atomic E-state index is -0.263. The third kappa shape index (κ3) is 4.27. The SMILES string of the molecule is Cc1nn(Cc2ccccc2)c(Cl)c1C(=O)NC(C)c1nc(-c2cccnc2)cs1. The van der Waals surface area contributed by atoms with Crippen LogP contribution in [0.5, 0.6) is 0 Å². The van der Waals surface area contributed by atoms with Crippen LogP contribution in [0.25, 0.3) is 11.3 Å². The predicted octanol–water partition coefficient (Wildman–Crippen LogP) is 4.90. The zero-order valence-electron chi connectivity index (χ0n) is 16.5. The van der Waals surface area contributed by atoms with Gasteiger partial charge in [-0.2, -0.15) is 5.10 Å². The largest absolute Gasteiger partial charge is 0.343 e. The molecule has 0 aliphatic carbocycles. The Labute approximate surface area is 183 Å². The molecule has 1 unspecified atom stereocenters. The van der Waals surface area contributed by atoms with E-state index in [1.54, 1.807) is 24.0 Å². The van der Waals surface area contributed by atoms with Crippen molar-refractivity contribution in [1.29, 1.82) is 0 Å². The summed E-state index contributed by atoms with van der Waals surface area (Å²) in [6, 6.07) is 13.4. The van der Waals surface area contributed by atoms with Gasteiger partial charge in [0.2, 0.25) is 0 Å². The summed E-state index contributed by atoms with van der Waals surface area (Å²) in [5, 5.41) is 10.6. The summed E-state index contributed by atoms with van der Waals surface area (Å²) >= 11 is 8.01. The molecule has 4 rings (SSSR count). The number of halogens is 1. The van der Waals surface area contributed by atoms with Gasteiger partial charge in [0.15, 0.2) is 0 Å². The number of pyridine rings is 1. The van der Waals surface area contributed by atoms with Crippen molar-refractivity contribution in [2.75, 3.05) is 0 Å². The summed E-state index contributed by atoms with van der Waals surface area (Å²) in [5.41, 5.74) is 3.83. The summed E-state index contributed by atoms with van der Waals surface area (Å²) < 4.78 is 1.65. The maximum absolute atomic E-state index is 12.9. The number of hydrogen-bond donors (Lipinski definition) is 1. The van der Waals surface area contributed by atoms with Crippen LogP contribution < -0.4 is 5.32 Å². The van der Waals surface area contributed by atoms with Crippen molar-refractivity contribution in [2.24, 2.45) is 0 Å². The molecule has 0 aliphatic rings. The number of carbonyl (C=O) groups excluding carboxylic acids is 1. The Bertz CT molecular complexity index is 1160. The van der Waals surface area contributed by atoms with Crippen molar-refractivity contribution in [1.82, 2.24) is 25.1 Å². The lowest BCUT2D eigenvalue weighted by atomic mass is 10.2. The fourth-order valence-electron chi connectivity index (χ4n) is 3.14. The Morgan fingerprint density at radius 3 is 2.77 bits per heavy atom. The van der Waals surface area contributed by atoms with Crippen LogP contribution in [0, 0.1) is 6.92 Å². The monoisotopic (exact) mass is 437 g/mol. The second-order valence-corrected chi connectivity index (χ2v) is 8.15. The van der Waals surface area contributed by atoms with Gasteiger partial charge in [0.05, 0.1) is 29.5 Å². The van der Waals surface area contributed by atoms with E-state index < -0.39 is 0 Å². The maximum Gasteiger partial charge on any atom is 0.256 e. The molecule has 0 saturated carbocycles. The highest BCUT2D eigenvalue weighted by molar-refractivity contribution is 7.10. The molecule has 0 spiro atoms. The number of hydrogen-bond acceptors (Lipinski definition) is 5. The first kappa shape index (κ1) is 20.3. The van der Waals surface area contributed by atoms with Crippen LogP contribution >= 0.6 is 22.9 Å². The molecule has 0 saturated heterocycles. The summed E-state index contributed by atoms with van der Waals surface area (Å²) in [6.07, 6.45) is 3.50. The van der Waals surface area contributed by atoms with Crippen molar-refractivity contribution >= 4 is 28.8 Å². The fourth-order valence-corrected chi connectivity index (χ4v) is 4.29. The Kier molecular flexibility index (Phi) is 5.92. The normalized spacial score (nSPS) is 12.0. The van der Waals surface area contributed by atoms with Crippen LogP contribution in [0.15, 0.2) is 60.2 Å². The number of aromatic nitrogens is 4. The van der Waals surface area contributed by atoms with E-state index in [1.807, 2.05) is 54.8 Å². The van der Waals surface area contributed by atoms with E-state index in [2.05, 4.69) is 20.4 Å². The van der Waals surface area contributed by atoms with Gasteiger partial charge in [-0.3, -0.25) is 9.78 Å². The number of amides is 1. The van der Waals surface area contributed by atoms with Gasteiger partial charge in [-0.1, -0.05) is 41.9 Å². The summed E-state index contributed by atoms with van der Waals surface area (Å²) in [6.45, 7) is 4.20. The van der Waals surface area contributed by atoms with Crippen molar-refractivity contribution in [2.45, 2.75) is 26.4 Å². The summed E-state index contributed by atoms with van der Waals surface area (Å²) in [5.74, 6) is -0.262. The second kappa shape index (κ2) is 8.77. The highest BCUT2D eigenvalue weighted by Crippen LogP contribution is 2.26. The minimum absolute atomic E-state index is 0.262. The third-order valence-corrected chi connectivity index (χ3v) is 6.08. The number of carbonyl (C=O) groups is 1. The van der Waals surface area contributed by atoms with Crippen LogP contribution in [-0.2, 0) is 6.54 Å². The fraction of sp³-hybridized carbons (Fsp3) is 0.182. The van der Waals surface area contributed by atoms with E-state index in [9.17, 15) is 4.79 Å². The van der Waals surface area contributed by atoms with Gasteiger partial charge in [-0.05, 0) is 31.5 Å². The lowest BCUT2D eigenvalue weighted by Crippen LogP contribution is -2.27. The molecule has 1 amide bonds. The molecule has 0 bridgehead atoms. The van der Waals surface area contributed by atoms with Crippen LogP contribution in [0.1, 0.15) is 39.6 Å². The standard InChI is InChI=1S/C22H20ClN5OS/c1-14-19(20(23)28(27-14)12-16-7-4-3-5-8-16)21(29)25-15(2)22-26-18(13-30-22)17-9-6-10-24-11-17/h3-11,13,15H,12H2,1-2H3,(H,25,29). The van der Waals surface area contributed by atoms with Crippen LogP contribution in [0.3, 0.4) is 0 Å². The van der Waals surface area contributed by atoms with Gasteiger partial charge in [0, 0.05) is 23.3 Å². The zero-order chi connectivity index (χ0) is 21.1. The van der Waals surface area contributed by atoms with Crippen LogP contribution in [-0.4, -0.2) is 25.7 Å². The van der Waals surface area contributed by atoms with Crippen molar-refractivity contribution in [3.8, 4) is 11.3 Å². The smallest absolute Gasteiger partial charge is 0.256 e. The van der Waals surface area contributed by atoms with E-state index in [0.29, 0.717) is 23.0 Å². The van der Waals surface area contributed by atoms with E-state index in [-0.39, 0.29) is 11.9 Å². The number of thiazole rings is 1. The number of benzene rings is 1. The molecule has 6 nitrogen and oxygen atoms in total. The van der Waals surface area contributed by atoms with E-state index in [4.69, 9.17) is 11.6 Å². The average Bonchev–Trinajstić information content (AvgIpc) is 3.35. The molecule has 1 atom stereocenters. The van der Waals surface area contributed by atoms with Crippen molar-refractivity contribution < 1.29 is 4.79 Å². The molecule has 3 aromatic heterocycles. The molecule has 152 valence electrons. The van der Waals surface area contributed by atoms with E-state index in [1.165, 1.54) is 11.3 Å². The molecule has 1 aromatic carbocycles. The highest BCUT2D eigenvalue weighted by Gasteiger charge is 2.23. The minimum Gasteiger partial charge on any atom is -0.343 e. The van der Waals surface area contributed by atoms with Gasteiger partial charge in [0.1, 0.15) is 10.2 Å². The number of rotatable bonds is 6. The molecule has 30 heavy (non-hydrogen) atoms. The molecule has 8 heteroatoms. The second-order valence-electron chi connectivity index (χ2n) is 6.90. The first-order valence-electron chi connectivity index (χ1n) is 9.46. The Balaban J connectivity index is 1.49. The average molecular weight is 438 g/mol.